The van der Waals surface area contributed by atoms with Gasteiger partial charge in [-0.3, -0.25) is 0 Å². The van der Waals surface area contributed by atoms with Crippen LogP contribution in [0.5, 0.6) is 0 Å². The SMILES string of the molecule is CCO[C@H](c1ccc(Br)cc1)c1cccc2c1CC(N(C)C)CC2.Cl. The Bertz CT molecular complexity index is 687. The number of halogens is 2. The molecule has 0 aromatic heterocycles. The lowest BCUT2D eigenvalue weighted by Gasteiger charge is -2.33. The van der Waals surface area contributed by atoms with Gasteiger partial charge < -0.3 is 9.64 Å². The van der Waals surface area contributed by atoms with Crippen molar-refractivity contribution in [3.8, 4) is 0 Å². The molecule has 0 saturated heterocycles. The van der Waals surface area contributed by atoms with Crippen LogP contribution < -0.4 is 0 Å². The summed E-state index contributed by atoms with van der Waals surface area (Å²) in [6.45, 7) is 2.78. The molecule has 1 aliphatic carbocycles. The summed E-state index contributed by atoms with van der Waals surface area (Å²) in [6, 6.07) is 15.9. The molecule has 1 aliphatic rings. The van der Waals surface area contributed by atoms with Gasteiger partial charge in [-0.1, -0.05) is 46.3 Å². The van der Waals surface area contributed by atoms with Crippen molar-refractivity contribution in [3.63, 3.8) is 0 Å². The Kier molecular flexibility index (Phi) is 7.51. The van der Waals surface area contributed by atoms with Gasteiger partial charge in [0.05, 0.1) is 0 Å². The van der Waals surface area contributed by atoms with Gasteiger partial charge in [0, 0.05) is 17.1 Å². The Hall–Kier alpha value is -0.870. The predicted molar refractivity (Wildman–Crippen MR) is 111 cm³/mol. The highest BCUT2D eigenvalue weighted by molar-refractivity contribution is 9.10. The second-order valence-electron chi connectivity index (χ2n) is 6.73. The Morgan fingerprint density at radius 2 is 1.88 bits per heavy atom. The quantitative estimate of drug-likeness (QED) is 0.636. The topological polar surface area (TPSA) is 12.5 Å². The molecular weight excluding hydrogens is 398 g/mol. The van der Waals surface area contributed by atoms with Crippen molar-refractivity contribution >= 4 is 28.3 Å². The van der Waals surface area contributed by atoms with Gasteiger partial charge in [0.2, 0.25) is 0 Å². The van der Waals surface area contributed by atoms with Crippen LogP contribution in [-0.4, -0.2) is 31.6 Å². The maximum Gasteiger partial charge on any atom is 0.108 e. The number of nitrogens with zero attached hydrogens (tertiary/aromatic N) is 1. The third-order valence-corrected chi connectivity index (χ3v) is 5.54. The second kappa shape index (κ2) is 9.18. The lowest BCUT2D eigenvalue weighted by molar-refractivity contribution is 0.0901. The lowest BCUT2D eigenvalue weighted by Crippen LogP contribution is -2.34. The summed E-state index contributed by atoms with van der Waals surface area (Å²) < 4.78 is 7.29. The molecule has 136 valence electrons. The molecule has 0 fully saturated rings. The van der Waals surface area contributed by atoms with E-state index in [-0.39, 0.29) is 18.5 Å². The molecule has 4 heteroatoms. The van der Waals surface area contributed by atoms with E-state index in [0.717, 1.165) is 17.3 Å². The highest BCUT2D eigenvalue weighted by atomic mass is 79.9. The minimum atomic E-state index is 0. The molecule has 0 spiro atoms. The van der Waals surface area contributed by atoms with E-state index >= 15 is 0 Å². The molecule has 0 aliphatic heterocycles. The fourth-order valence-corrected chi connectivity index (χ4v) is 3.92. The molecule has 0 heterocycles. The van der Waals surface area contributed by atoms with Crippen molar-refractivity contribution in [2.75, 3.05) is 20.7 Å². The summed E-state index contributed by atoms with van der Waals surface area (Å²) in [7, 11) is 4.38. The first-order valence-electron chi connectivity index (χ1n) is 8.74. The van der Waals surface area contributed by atoms with Crippen LogP contribution in [0.3, 0.4) is 0 Å². The smallest absolute Gasteiger partial charge is 0.108 e. The van der Waals surface area contributed by atoms with Crippen LogP contribution in [0.1, 0.15) is 41.7 Å². The molecule has 2 atom stereocenters. The molecule has 2 nitrogen and oxygen atoms in total. The first kappa shape index (κ1) is 20.4. The Morgan fingerprint density at radius 3 is 2.52 bits per heavy atom. The van der Waals surface area contributed by atoms with E-state index in [0.29, 0.717) is 12.6 Å². The molecule has 3 rings (SSSR count). The van der Waals surface area contributed by atoms with Crippen LogP contribution in [0, 0.1) is 0 Å². The first-order valence-corrected chi connectivity index (χ1v) is 9.53. The van der Waals surface area contributed by atoms with E-state index in [2.05, 4.69) is 84.3 Å². The van der Waals surface area contributed by atoms with Crippen LogP contribution in [-0.2, 0) is 17.6 Å². The third kappa shape index (κ3) is 4.65. The molecular formula is C21H27BrClNO. The zero-order valence-electron chi connectivity index (χ0n) is 15.2. The van der Waals surface area contributed by atoms with Gasteiger partial charge in [-0.25, -0.2) is 0 Å². The Balaban J connectivity index is 0.00000225. The van der Waals surface area contributed by atoms with Crippen molar-refractivity contribution in [2.24, 2.45) is 0 Å². The van der Waals surface area contributed by atoms with Crippen molar-refractivity contribution in [1.82, 2.24) is 4.90 Å². The molecule has 25 heavy (non-hydrogen) atoms. The van der Waals surface area contributed by atoms with E-state index in [1.54, 1.807) is 0 Å². The van der Waals surface area contributed by atoms with E-state index < -0.39 is 0 Å². The van der Waals surface area contributed by atoms with Gasteiger partial charge in [0.15, 0.2) is 0 Å². The molecule has 0 N–H and O–H groups in total. The van der Waals surface area contributed by atoms with Crippen molar-refractivity contribution in [3.05, 3.63) is 69.2 Å². The molecule has 0 bridgehead atoms. The van der Waals surface area contributed by atoms with Crippen LogP contribution in [0.2, 0.25) is 0 Å². The Morgan fingerprint density at radius 1 is 1.16 bits per heavy atom. The largest absolute Gasteiger partial charge is 0.369 e. The molecule has 0 saturated carbocycles. The lowest BCUT2D eigenvalue weighted by atomic mass is 9.82. The fourth-order valence-electron chi connectivity index (χ4n) is 3.65. The summed E-state index contributed by atoms with van der Waals surface area (Å²) >= 11 is 3.53. The average molecular weight is 425 g/mol. The number of ether oxygens (including phenoxy) is 1. The van der Waals surface area contributed by atoms with Crippen molar-refractivity contribution < 1.29 is 4.74 Å². The van der Waals surface area contributed by atoms with Gasteiger partial charge in [-0.05, 0) is 74.7 Å². The number of benzene rings is 2. The number of rotatable bonds is 5. The fraction of sp³-hybridized carbons (Fsp3) is 0.429. The highest BCUT2D eigenvalue weighted by Crippen LogP contribution is 2.35. The maximum absolute atomic E-state index is 6.19. The van der Waals surface area contributed by atoms with Crippen LogP contribution in [0.25, 0.3) is 0 Å². The van der Waals surface area contributed by atoms with Crippen molar-refractivity contribution in [2.45, 2.75) is 38.3 Å². The molecule has 2 aromatic carbocycles. The summed E-state index contributed by atoms with van der Waals surface area (Å²) in [6.07, 6.45) is 3.52. The summed E-state index contributed by atoms with van der Waals surface area (Å²) in [5.41, 5.74) is 5.54. The van der Waals surface area contributed by atoms with Gasteiger partial charge in [0.1, 0.15) is 6.10 Å². The monoisotopic (exact) mass is 423 g/mol. The van der Waals surface area contributed by atoms with E-state index in [1.165, 1.54) is 28.7 Å². The summed E-state index contributed by atoms with van der Waals surface area (Å²) in [4.78, 5) is 2.36. The van der Waals surface area contributed by atoms with E-state index in [1.807, 2.05) is 0 Å². The zero-order chi connectivity index (χ0) is 17.1. The normalized spacial score (nSPS) is 17.7. The average Bonchev–Trinajstić information content (AvgIpc) is 2.60. The summed E-state index contributed by atoms with van der Waals surface area (Å²) in [5, 5.41) is 0. The highest BCUT2D eigenvalue weighted by Gasteiger charge is 2.26. The number of fused-ring (bicyclic) bond motifs is 1. The Labute approximate surface area is 166 Å². The number of likely N-dealkylation sites (N-methyl/N-ethyl adjacent to an activating group) is 1. The van der Waals surface area contributed by atoms with Gasteiger partial charge in [-0.15, -0.1) is 12.4 Å². The van der Waals surface area contributed by atoms with Gasteiger partial charge >= 0.3 is 0 Å². The van der Waals surface area contributed by atoms with Crippen LogP contribution >= 0.6 is 28.3 Å². The minimum Gasteiger partial charge on any atom is -0.369 e. The molecule has 1 unspecified atom stereocenters. The zero-order valence-corrected chi connectivity index (χ0v) is 17.6. The van der Waals surface area contributed by atoms with Crippen LogP contribution in [0.15, 0.2) is 46.9 Å². The molecule has 0 amide bonds. The molecule has 2 aromatic rings. The number of hydrogen-bond donors (Lipinski definition) is 0. The van der Waals surface area contributed by atoms with E-state index in [9.17, 15) is 0 Å². The van der Waals surface area contributed by atoms with E-state index in [4.69, 9.17) is 4.74 Å². The number of hydrogen-bond acceptors (Lipinski definition) is 2. The first-order chi connectivity index (χ1) is 11.6. The molecule has 0 radical (unpaired) electrons. The van der Waals surface area contributed by atoms with Gasteiger partial charge in [0.25, 0.3) is 0 Å². The van der Waals surface area contributed by atoms with Crippen LogP contribution in [0.4, 0.5) is 0 Å². The standard InChI is InChI=1S/C21H26BrNO.ClH/c1-4-24-21(16-8-11-17(22)12-9-16)19-7-5-6-15-10-13-18(23(2)3)14-20(15)19;/h5-9,11-12,18,21H,4,10,13-14H2,1-3H3;1H/t18?,21-;/m1./s1. The maximum atomic E-state index is 6.19. The number of aryl methyl sites for hydroxylation is 1. The third-order valence-electron chi connectivity index (χ3n) is 5.01. The minimum absolute atomic E-state index is 0. The van der Waals surface area contributed by atoms with Gasteiger partial charge in [-0.2, -0.15) is 0 Å². The summed E-state index contributed by atoms with van der Waals surface area (Å²) in [5.74, 6) is 0. The predicted octanol–water partition coefficient (Wildman–Crippen LogP) is 5.42. The second-order valence-corrected chi connectivity index (χ2v) is 7.65. The van der Waals surface area contributed by atoms with Crippen molar-refractivity contribution in [1.29, 1.82) is 0 Å².